The smallest absolute Gasteiger partial charge is 0.322 e. The summed E-state index contributed by atoms with van der Waals surface area (Å²) in [5.74, 6) is -2.19. The van der Waals surface area contributed by atoms with E-state index in [1.54, 1.807) is 11.8 Å². The number of thioether (sulfide) groups is 1. The van der Waals surface area contributed by atoms with Crippen LogP contribution in [0.25, 0.3) is 0 Å². The van der Waals surface area contributed by atoms with Crippen molar-refractivity contribution in [2.24, 2.45) is 0 Å². The molecule has 0 heterocycles. The van der Waals surface area contributed by atoms with Crippen LogP contribution in [0.2, 0.25) is 0 Å². The maximum absolute atomic E-state index is 11.5. The van der Waals surface area contributed by atoms with Gasteiger partial charge in [-0.1, -0.05) is 30.3 Å². The number of aliphatic carboxylic acids is 1. The number of rotatable bonds is 9. The quantitative estimate of drug-likeness (QED) is 0.345. The maximum atomic E-state index is 11.5. The van der Waals surface area contributed by atoms with E-state index in [1.807, 2.05) is 30.3 Å². The van der Waals surface area contributed by atoms with Gasteiger partial charge in [-0.3, -0.25) is 19.2 Å². The second kappa shape index (κ2) is 11.1. The van der Waals surface area contributed by atoms with E-state index in [0.717, 1.165) is 5.75 Å². The lowest BCUT2D eigenvalue weighted by Crippen LogP contribution is -2.45. The Morgan fingerprint density at radius 3 is 2.25 bits per heavy atom. The van der Waals surface area contributed by atoms with Gasteiger partial charge in [-0.25, -0.2) is 0 Å². The third-order valence-corrected chi connectivity index (χ3v) is 3.73. The molecular formula is C15H19N3O5S. The van der Waals surface area contributed by atoms with Crippen molar-refractivity contribution in [2.45, 2.75) is 5.75 Å². The van der Waals surface area contributed by atoms with Crippen LogP contribution in [0.5, 0.6) is 0 Å². The van der Waals surface area contributed by atoms with Crippen LogP contribution < -0.4 is 16.0 Å². The molecule has 0 unspecified atom stereocenters. The summed E-state index contributed by atoms with van der Waals surface area (Å²) < 4.78 is 0. The van der Waals surface area contributed by atoms with Crippen LogP contribution in [-0.4, -0.2) is 54.2 Å². The highest BCUT2D eigenvalue weighted by Gasteiger charge is 2.14. The minimum absolute atomic E-state index is 0.328. The summed E-state index contributed by atoms with van der Waals surface area (Å²) >= 11 is 1.62. The van der Waals surface area contributed by atoms with Crippen molar-refractivity contribution < 1.29 is 24.3 Å². The number of amides is 3. The van der Waals surface area contributed by atoms with E-state index in [4.69, 9.17) is 5.11 Å². The zero-order valence-electron chi connectivity index (χ0n) is 12.9. The van der Waals surface area contributed by atoms with Crippen LogP contribution >= 0.6 is 11.8 Å². The summed E-state index contributed by atoms with van der Waals surface area (Å²) in [7, 11) is 0. The van der Waals surface area contributed by atoms with E-state index in [2.05, 4.69) is 16.0 Å². The van der Waals surface area contributed by atoms with Gasteiger partial charge in [0.1, 0.15) is 6.54 Å². The monoisotopic (exact) mass is 353 g/mol. The molecule has 8 nitrogen and oxygen atoms in total. The highest BCUT2D eigenvalue weighted by molar-refractivity contribution is 7.98. The molecule has 0 aliphatic rings. The standard InChI is InChI=1S/C15H19N3O5S/c19-12(17-9-13(20)21)8-18-15(23)14(22)16-6-7-24-10-11-4-2-1-3-5-11/h1-5H,6-10H2,(H,16,22)(H,17,19)(H,18,23)(H,20,21). The lowest BCUT2D eigenvalue weighted by Gasteiger charge is -2.06. The topological polar surface area (TPSA) is 125 Å². The molecule has 0 spiro atoms. The lowest BCUT2D eigenvalue weighted by atomic mass is 10.2. The molecule has 3 amide bonds. The van der Waals surface area contributed by atoms with Crippen LogP contribution in [0.4, 0.5) is 0 Å². The molecule has 0 bridgehead atoms. The van der Waals surface area contributed by atoms with Gasteiger partial charge < -0.3 is 21.1 Å². The number of nitrogens with one attached hydrogen (secondary N) is 3. The van der Waals surface area contributed by atoms with Gasteiger partial charge in [0.05, 0.1) is 6.54 Å². The number of carboxylic acids is 1. The predicted octanol–water partition coefficient (Wildman–Crippen LogP) is -0.647. The molecule has 130 valence electrons. The first-order valence-corrected chi connectivity index (χ1v) is 8.30. The molecule has 0 fully saturated rings. The molecule has 1 aromatic carbocycles. The van der Waals surface area contributed by atoms with Crippen LogP contribution in [0.3, 0.4) is 0 Å². The van der Waals surface area contributed by atoms with E-state index < -0.39 is 36.8 Å². The zero-order chi connectivity index (χ0) is 17.8. The van der Waals surface area contributed by atoms with Crippen molar-refractivity contribution in [1.82, 2.24) is 16.0 Å². The Balaban J connectivity index is 2.10. The Morgan fingerprint density at radius 2 is 1.58 bits per heavy atom. The highest BCUT2D eigenvalue weighted by atomic mass is 32.2. The maximum Gasteiger partial charge on any atom is 0.322 e. The average Bonchev–Trinajstić information content (AvgIpc) is 2.58. The van der Waals surface area contributed by atoms with Gasteiger partial charge in [0.2, 0.25) is 5.91 Å². The fourth-order valence-electron chi connectivity index (χ4n) is 1.56. The second-order valence-electron chi connectivity index (χ2n) is 4.65. The van der Waals surface area contributed by atoms with Crippen molar-refractivity contribution >= 4 is 35.5 Å². The molecule has 0 saturated carbocycles. The van der Waals surface area contributed by atoms with Crippen molar-refractivity contribution in [1.29, 1.82) is 0 Å². The van der Waals surface area contributed by atoms with Gasteiger partial charge in [-0.05, 0) is 5.56 Å². The minimum atomic E-state index is -1.19. The van der Waals surface area contributed by atoms with Crippen LogP contribution in [-0.2, 0) is 24.9 Å². The zero-order valence-corrected chi connectivity index (χ0v) is 13.7. The molecular weight excluding hydrogens is 334 g/mol. The van der Waals surface area contributed by atoms with Crippen molar-refractivity contribution in [3.05, 3.63) is 35.9 Å². The largest absolute Gasteiger partial charge is 0.480 e. The first-order chi connectivity index (χ1) is 11.5. The van der Waals surface area contributed by atoms with Crippen molar-refractivity contribution in [3.63, 3.8) is 0 Å². The van der Waals surface area contributed by atoms with Gasteiger partial charge in [0.25, 0.3) is 0 Å². The molecule has 0 saturated heterocycles. The first-order valence-electron chi connectivity index (χ1n) is 7.15. The molecule has 0 aliphatic carbocycles. The van der Waals surface area contributed by atoms with Crippen molar-refractivity contribution in [2.75, 3.05) is 25.4 Å². The second-order valence-corrected chi connectivity index (χ2v) is 5.75. The van der Waals surface area contributed by atoms with Crippen LogP contribution in [0.15, 0.2) is 30.3 Å². The molecule has 4 N–H and O–H groups in total. The molecule has 1 rings (SSSR count). The fraction of sp³-hybridized carbons (Fsp3) is 0.333. The summed E-state index contributed by atoms with van der Waals surface area (Å²) in [6, 6.07) is 9.86. The van der Waals surface area contributed by atoms with E-state index in [9.17, 15) is 19.2 Å². The van der Waals surface area contributed by atoms with E-state index in [-0.39, 0.29) is 0 Å². The Morgan fingerprint density at radius 1 is 0.917 bits per heavy atom. The summed E-state index contributed by atoms with van der Waals surface area (Å²) in [6.45, 7) is -0.670. The van der Waals surface area contributed by atoms with E-state index >= 15 is 0 Å². The van der Waals surface area contributed by atoms with E-state index in [1.165, 1.54) is 5.56 Å². The number of hydrogen-bond donors (Lipinski definition) is 4. The van der Waals surface area contributed by atoms with Crippen molar-refractivity contribution in [3.8, 4) is 0 Å². The molecule has 1 aromatic rings. The van der Waals surface area contributed by atoms with Gasteiger partial charge in [0, 0.05) is 18.1 Å². The minimum Gasteiger partial charge on any atom is -0.480 e. The number of carbonyl (C=O) groups excluding carboxylic acids is 3. The summed E-state index contributed by atoms with van der Waals surface area (Å²) in [5, 5.41) is 15.0. The Labute approximate surface area is 143 Å². The SMILES string of the molecule is O=C(O)CNC(=O)CNC(=O)C(=O)NCCSCc1ccccc1. The highest BCUT2D eigenvalue weighted by Crippen LogP contribution is 2.10. The first kappa shape index (κ1) is 19.5. The Hall–Kier alpha value is -2.55. The molecule has 24 heavy (non-hydrogen) atoms. The molecule has 0 aliphatic heterocycles. The van der Waals surface area contributed by atoms with Crippen LogP contribution in [0.1, 0.15) is 5.56 Å². The fourth-order valence-corrected chi connectivity index (χ4v) is 2.38. The number of benzene rings is 1. The van der Waals surface area contributed by atoms with Gasteiger partial charge in [-0.15, -0.1) is 0 Å². The van der Waals surface area contributed by atoms with Gasteiger partial charge >= 0.3 is 17.8 Å². The normalized spacial score (nSPS) is 9.83. The molecule has 9 heteroatoms. The third-order valence-electron chi connectivity index (χ3n) is 2.70. The molecule has 0 atom stereocenters. The number of hydrogen-bond acceptors (Lipinski definition) is 5. The third kappa shape index (κ3) is 8.79. The summed E-state index contributed by atoms with van der Waals surface area (Å²) in [6.07, 6.45) is 0. The predicted molar refractivity (Wildman–Crippen MR) is 89.3 cm³/mol. The summed E-state index contributed by atoms with van der Waals surface area (Å²) in [5.41, 5.74) is 1.18. The Kier molecular flexibility index (Phi) is 8.98. The summed E-state index contributed by atoms with van der Waals surface area (Å²) in [4.78, 5) is 44.4. The number of carbonyl (C=O) groups is 4. The average molecular weight is 353 g/mol. The van der Waals surface area contributed by atoms with Gasteiger partial charge in [0.15, 0.2) is 0 Å². The van der Waals surface area contributed by atoms with Crippen LogP contribution in [0, 0.1) is 0 Å². The lowest BCUT2D eigenvalue weighted by molar-refractivity contribution is -0.140. The van der Waals surface area contributed by atoms with Gasteiger partial charge in [-0.2, -0.15) is 11.8 Å². The number of carboxylic acid groups (broad SMARTS) is 1. The molecule has 0 radical (unpaired) electrons. The van der Waals surface area contributed by atoms with E-state index in [0.29, 0.717) is 12.3 Å². The Bertz CT molecular complexity index is 580. The molecule has 0 aromatic heterocycles.